The summed E-state index contributed by atoms with van der Waals surface area (Å²) in [5.74, 6) is 0.654. The summed E-state index contributed by atoms with van der Waals surface area (Å²) in [7, 11) is -3.50. The van der Waals surface area contributed by atoms with E-state index in [-0.39, 0.29) is 17.2 Å². The molecule has 0 aromatic heterocycles. The molecule has 1 heterocycles. The van der Waals surface area contributed by atoms with Crippen LogP contribution in [0.5, 0.6) is 5.75 Å². The number of carbonyl (C=O) groups is 1. The lowest BCUT2D eigenvalue weighted by atomic mass is 10.2. The first kappa shape index (κ1) is 21.3. The molecule has 0 unspecified atom stereocenters. The molecule has 1 fully saturated rings. The lowest BCUT2D eigenvalue weighted by Crippen LogP contribution is -2.40. The maximum atomic E-state index is 12.6. The molecule has 0 radical (unpaired) electrons. The Balaban J connectivity index is 1.46. The highest BCUT2D eigenvalue weighted by atomic mass is 32.2. The number of ether oxygens (including phenoxy) is 2. The number of nitrogens with zero attached hydrogens (tertiary/aromatic N) is 1. The second kappa shape index (κ2) is 9.87. The summed E-state index contributed by atoms with van der Waals surface area (Å²) in [5.41, 5.74) is 1.86. The summed E-state index contributed by atoms with van der Waals surface area (Å²) < 4.78 is 37.5. The van der Waals surface area contributed by atoms with Crippen LogP contribution in [-0.2, 0) is 26.1 Å². The molecule has 1 N–H and O–H groups in total. The van der Waals surface area contributed by atoms with Crippen LogP contribution in [0.1, 0.15) is 17.5 Å². The number of hydrogen-bond donors (Lipinski definition) is 1. The molecular weight excluding hydrogens is 392 g/mol. The molecule has 7 nitrogen and oxygen atoms in total. The van der Waals surface area contributed by atoms with Crippen molar-refractivity contribution >= 4 is 15.9 Å². The molecule has 156 valence electrons. The van der Waals surface area contributed by atoms with Crippen molar-refractivity contribution < 1.29 is 22.7 Å². The van der Waals surface area contributed by atoms with Gasteiger partial charge in [0.2, 0.25) is 15.9 Å². The summed E-state index contributed by atoms with van der Waals surface area (Å²) in [6.45, 7) is 4.15. The Morgan fingerprint density at radius 2 is 1.79 bits per heavy atom. The van der Waals surface area contributed by atoms with Crippen LogP contribution in [0.15, 0.2) is 53.4 Å². The fourth-order valence-corrected chi connectivity index (χ4v) is 4.38. The van der Waals surface area contributed by atoms with Gasteiger partial charge in [0.1, 0.15) is 5.75 Å². The zero-order valence-corrected chi connectivity index (χ0v) is 17.3. The summed E-state index contributed by atoms with van der Waals surface area (Å²) in [6.07, 6.45) is 0.248. The molecule has 8 heteroatoms. The number of rotatable bonds is 8. The summed E-state index contributed by atoms with van der Waals surface area (Å²) in [6, 6.07) is 14.3. The number of para-hydroxylation sites is 1. The highest BCUT2D eigenvalue weighted by molar-refractivity contribution is 7.89. The van der Waals surface area contributed by atoms with Crippen LogP contribution in [0.2, 0.25) is 0 Å². The highest BCUT2D eigenvalue weighted by Gasteiger charge is 2.26. The van der Waals surface area contributed by atoms with E-state index >= 15 is 0 Å². The van der Waals surface area contributed by atoms with Crippen LogP contribution in [0, 0.1) is 6.92 Å². The number of aryl methyl sites for hydroxylation is 1. The van der Waals surface area contributed by atoms with Crippen LogP contribution >= 0.6 is 0 Å². The Morgan fingerprint density at radius 1 is 1.10 bits per heavy atom. The zero-order chi connectivity index (χ0) is 20.7. The van der Waals surface area contributed by atoms with E-state index < -0.39 is 10.0 Å². The minimum Gasteiger partial charge on any atom is -0.493 e. The maximum absolute atomic E-state index is 12.6. The molecule has 1 saturated heterocycles. The first-order valence-electron chi connectivity index (χ1n) is 9.59. The van der Waals surface area contributed by atoms with Gasteiger partial charge >= 0.3 is 0 Å². The molecule has 2 aromatic carbocycles. The number of amides is 1. The van der Waals surface area contributed by atoms with E-state index in [2.05, 4.69) is 5.32 Å². The molecular formula is C21H26N2O5S. The molecule has 0 aliphatic carbocycles. The van der Waals surface area contributed by atoms with Gasteiger partial charge < -0.3 is 14.8 Å². The molecule has 1 aliphatic heterocycles. The molecule has 2 aromatic rings. The van der Waals surface area contributed by atoms with Gasteiger partial charge in [-0.15, -0.1) is 0 Å². The van der Waals surface area contributed by atoms with Crippen molar-refractivity contribution in [2.45, 2.75) is 24.8 Å². The van der Waals surface area contributed by atoms with Gasteiger partial charge in [-0.2, -0.15) is 4.31 Å². The Hall–Kier alpha value is -2.42. The van der Waals surface area contributed by atoms with Crippen molar-refractivity contribution in [3.8, 4) is 5.75 Å². The topological polar surface area (TPSA) is 84.9 Å². The third kappa shape index (κ3) is 5.79. The average molecular weight is 419 g/mol. The van der Waals surface area contributed by atoms with Crippen molar-refractivity contribution in [2.24, 2.45) is 0 Å². The smallest absolute Gasteiger partial charge is 0.243 e. The van der Waals surface area contributed by atoms with Crippen molar-refractivity contribution in [2.75, 3.05) is 32.9 Å². The monoisotopic (exact) mass is 418 g/mol. The van der Waals surface area contributed by atoms with Gasteiger partial charge in [-0.25, -0.2) is 8.42 Å². The lowest BCUT2D eigenvalue weighted by molar-refractivity contribution is -0.121. The van der Waals surface area contributed by atoms with Crippen LogP contribution < -0.4 is 10.1 Å². The van der Waals surface area contributed by atoms with Crippen LogP contribution in [0.3, 0.4) is 0 Å². The minimum absolute atomic E-state index is 0.122. The van der Waals surface area contributed by atoms with E-state index in [1.54, 1.807) is 24.3 Å². The Morgan fingerprint density at radius 3 is 2.48 bits per heavy atom. The number of hydrogen-bond acceptors (Lipinski definition) is 5. The number of benzene rings is 2. The fraction of sp³-hybridized carbons (Fsp3) is 0.381. The molecule has 3 rings (SSSR count). The first-order valence-corrected chi connectivity index (χ1v) is 11.0. The number of morpholine rings is 1. The summed E-state index contributed by atoms with van der Waals surface area (Å²) in [5, 5.41) is 2.83. The van der Waals surface area contributed by atoms with Gasteiger partial charge in [-0.1, -0.05) is 30.3 Å². The molecule has 1 amide bonds. The van der Waals surface area contributed by atoms with E-state index in [0.717, 1.165) is 16.9 Å². The van der Waals surface area contributed by atoms with Crippen LogP contribution in [-0.4, -0.2) is 51.5 Å². The molecule has 0 saturated carbocycles. The van der Waals surface area contributed by atoms with Gasteiger partial charge in [-0.05, 0) is 36.2 Å². The van der Waals surface area contributed by atoms with E-state index in [0.29, 0.717) is 39.5 Å². The summed E-state index contributed by atoms with van der Waals surface area (Å²) in [4.78, 5) is 12.3. The van der Waals surface area contributed by atoms with E-state index in [1.165, 1.54) is 4.31 Å². The Labute approximate surface area is 171 Å². The van der Waals surface area contributed by atoms with E-state index in [1.807, 2.05) is 31.2 Å². The van der Waals surface area contributed by atoms with Crippen molar-refractivity contribution in [3.63, 3.8) is 0 Å². The molecule has 0 atom stereocenters. The second-order valence-corrected chi connectivity index (χ2v) is 8.74. The van der Waals surface area contributed by atoms with Crippen LogP contribution in [0.4, 0.5) is 0 Å². The number of sulfonamides is 1. The predicted molar refractivity (Wildman–Crippen MR) is 109 cm³/mol. The van der Waals surface area contributed by atoms with E-state index in [4.69, 9.17) is 9.47 Å². The van der Waals surface area contributed by atoms with Crippen LogP contribution in [0.25, 0.3) is 0 Å². The lowest BCUT2D eigenvalue weighted by Gasteiger charge is -2.26. The molecule has 1 aliphatic rings. The van der Waals surface area contributed by atoms with Gasteiger partial charge in [0.05, 0.1) is 31.1 Å². The van der Waals surface area contributed by atoms with Gasteiger partial charge in [0.25, 0.3) is 0 Å². The SMILES string of the molecule is Cc1ccccc1OCCC(=O)NCc1ccc(S(=O)(=O)N2CCOCC2)cc1. The Kier molecular flexibility index (Phi) is 7.24. The van der Waals surface area contributed by atoms with Gasteiger partial charge in [0.15, 0.2) is 0 Å². The largest absolute Gasteiger partial charge is 0.493 e. The Bertz CT molecular complexity index is 922. The van der Waals surface area contributed by atoms with Gasteiger partial charge in [-0.3, -0.25) is 4.79 Å². The molecule has 0 bridgehead atoms. The second-order valence-electron chi connectivity index (χ2n) is 6.80. The van der Waals surface area contributed by atoms with Crippen molar-refractivity contribution in [3.05, 3.63) is 59.7 Å². The highest BCUT2D eigenvalue weighted by Crippen LogP contribution is 2.18. The predicted octanol–water partition coefficient (Wildman–Crippen LogP) is 2.10. The van der Waals surface area contributed by atoms with Crippen molar-refractivity contribution in [1.29, 1.82) is 0 Å². The first-order chi connectivity index (χ1) is 14.0. The maximum Gasteiger partial charge on any atom is 0.243 e. The van der Waals surface area contributed by atoms with Crippen molar-refractivity contribution in [1.82, 2.24) is 9.62 Å². The molecule has 0 spiro atoms. The quantitative estimate of drug-likeness (QED) is 0.710. The molecule has 29 heavy (non-hydrogen) atoms. The third-order valence-corrected chi connectivity index (χ3v) is 6.61. The standard InChI is InChI=1S/C21H26N2O5S/c1-17-4-2-3-5-20(17)28-13-10-21(24)22-16-18-6-8-19(9-7-18)29(25,26)23-11-14-27-15-12-23/h2-9H,10-16H2,1H3,(H,22,24). The van der Waals surface area contributed by atoms with Gasteiger partial charge in [0, 0.05) is 19.6 Å². The number of carbonyl (C=O) groups excluding carboxylic acids is 1. The number of nitrogens with one attached hydrogen (secondary N) is 1. The average Bonchev–Trinajstić information content (AvgIpc) is 2.74. The normalized spacial score (nSPS) is 15.1. The fourth-order valence-electron chi connectivity index (χ4n) is 2.98. The minimum atomic E-state index is -3.50. The van der Waals surface area contributed by atoms with E-state index in [9.17, 15) is 13.2 Å². The third-order valence-electron chi connectivity index (χ3n) is 4.70. The summed E-state index contributed by atoms with van der Waals surface area (Å²) >= 11 is 0. The zero-order valence-electron chi connectivity index (χ0n) is 16.5.